The standard InChI is InChI=1S/C29H24FN5O3S/c30-21-5-8-25(36)24(16-21)26(27(37)33-29-32-11-14-39-29)35-17-20-2-1-19(15-23(20)28(35)38)18-3-6-22(7-4-18)34-12-9-31-10-13-34/h1-9,11,14-16,26,36H,10,12-13,17H2,(H,32,33,37)/t26-/m1/s1. The van der Waals surface area contributed by atoms with Gasteiger partial charge in [-0.15, -0.1) is 11.3 Å². The highest BCUT2D eigenvalue weighted by atomic mass is 32.1. The van der Waals surface area contributed by atoms with E-state index < -0.39 is 17.8 Å². The molecule has 0 aliphatic carbocycles. The number of rotatable bonds is 6. The molecule has 3 heterocycles. The lowest BCUT2D eigenvalue weighted by Crippen LogP contribution is -2.37. The van der Waals surface area contributed by atoms with Crippen LogP contribution in [0.15, 0.2) is 77.2 Å². The Morgan fingerprint density at radius 2 is 1.90 bits per heavy atom. The maximum Gasteiger partial charge on any atom is 0.255 e. The monoisotopic (exact) mass is 541 g/mol. The van der Waals surface area contributed by atoms with Gasteiger partial charge in [0.2, 0.25) is 0 Å². The number of carbonyl (C=O) groups excluding carboxylic acids is 2. The van der Waals surface area contributed by atoms with E-state index in [1.807, 2.05) is 36.5 Å². The molecule has 0 bridgehead atoms. The summed E-state index contributed by atoms with van der Waals surface area (Å²) in [6, 6.07) is 15.9. The number of anilines is 2. The van der Waals surface area contributed by atoms with Gasteiger partial charge in [-0.2, -0.15) is 0 Å². The Labute approximate surface area is 228 Å². The molecule has 2 N–H and O–H groups in total. The van der Waals surface area contributed by atoms with Crippen molar-refractivity contribution in [1.82, 2.24) is 9.88 Å². The Bertz CT molecular complexity index is 1570. The summed E-state index contributed by atoms with van der Waals surface area (Å²) in [6.45, 7) is 2.56. The van der Waals surface area contributed by atoms with Crippen LogP contribution in [0, 0.1) is 5.82 Å². The second-order valence-corrected chi connectivity index (χ2v) is 10.2. The van der Waals surface area contributed by atoms with Gasteiger partial charge in [0.25, 0.3) is 11.8 Å². The zero-order chi connectivity index (χ0) is 26.9. The lowest BCUT2D eigenvalue weighted by atomic mass is 10.00. The van der Waals surface area contributed by atoms with E-state index in [0.717, 1.165) is 54.1 Å². The van der Waals surface area contributed by atoms with Crippen molar-refractivity contribution in [1.29, 1.82) is 0 Å². The molecule has 0 unspecified atom stereocenters. The fourth-order valence-electron chi connectivity index (χ4n) is 4.98. The van der Waals surface area contributed by atoms with Crippen LogP contribution in [0.4, 0.5) is 15.2 Å². The predicted molar refractivity (Wildman–Crippen MR) is 149 cm³/mol. The zero-order valence-corrected chi connectivity index (χ0v) is 21.6. The van der Waals surface area contributed by atoms with Crippen molar-refractivity contribution in [2.75, 3.05) is 29.9 Å². The first-order valence-electron chi connectivity index (χ1n) is 12.4. The summed E-state index contributed by atoms with van der Waals surface area (Å²) in [7, 11) is 0. The van der Waals surface area contributed by atoms with E-state index in [2.05, 4.69) is 32.3 Å². The maximum atomic E-state index is 14.2. The number of amides is 2. The van der Waals surface area contributed by atoms with Crippen LogP contribution in [0.2, 0.25) is 0 Å². The Morgan fingerprint density at radius 3 is 2.64 bits per heavy atom. The SMILES string of the molecule is O=C(Nc1nccs1)[C@@H](c1cc(F)ccc1O)N1Cc2ccc(-c3ccc(N4CC=NCC4)cc3)cc2C1=O. The summed E-state index contributed by atoms with van der Waals surface area (Å²) in [5, 5.41) is 15.3. The molecule has 39 heavy (non-hydrogen) atoms. The Balaban J connectivity index is 1.30. The van der Waals surface area contributed by atoms with E-state index in [-0.39, 0.29) is 23.8 Å². The van der Waals surface area contributed by atoms with Gasteiger partial charge in [0.1, 0.15) is 17.6 Å². The van der Waals surface area contributed by atoms with Gasteiger partial charge in [-0.1, -0.05) is 24.3 Å². The number of nitrogens with one attached hydrogen (secondary N) is 1. The van der Waals surface area contributed by atoms with Crippen molar-refractivity contribution in [3.05, 3.63) is 94.7 Å². The van der Waals surface area contributed by atoms with Crippen molar-refractivity contribution < 1.29 is 19.1 Å². The molecule has 0 spiro atoms. The number of aromatic hydroxyl groups is 1. The number of carbonyl (C=O) groups is 2. The Hall–Kier alpha value is -4.57. The van der Waals surface area contributed by atoms with Gasteiger partial charge in [0, 0.05) is 47.7 Å². The quantitative estimate of drug-likeness (QED) is 0.363. The van der Waals surface area contributed by atoms with Gasteiger partial charge in [0.05, 0.1) is 13.1 Å². The lowest BCUT2D eigenvalue weighted by molar-refractivity contribution is -0.120. The number of fused-ring (bicyclic) bond motifs is 1. The molecular formula is C29H24FN5O3S. The average Bonchev–Trinajstić information content (AvgIpc) is 3.59. The maximum absolute atomic E-state index is 14.2. The third kappa shape index (κ3) is 4.86. The van der Waals surface area contributed by atoms with Crippen LogP contribution < -0.4 is 10.2 Å². The van der Waals surface area contributed by atoms with E-state index in [9.17, 15) is 19.1 Å². The highest BCUT2D eigenvalue weighted by Gasteiger charge is 2.39. The second-order valence-electron chi connectivity index (χ2n) is 9.32. The van der Waals surface area contributed by atoms with E-state index >= 15 is 0 Å². The molecule has 0 saturated carbocycles. The van der Waals surface area contributed by atoms with Crippen molar-refractivity contribution in [3.8, 4) is 16.9 Å². The summed E-state index contributed by atoms with van der Waals surface area (Å²) < 4.78 is 14.2. The number of nitrogens with zero attached hydrogens (tertiary/aromatic N) is 4. The number of phenolic OH excluding ortho intramolecular Hbond substituents is 1. The first-order valence-corrected chi connectivity index (χ1v) is 13.3. The molecule has 0 fully saturated rings. The number of aliphatic imine (C=N–C) groups is 1. The smallest absolute Gasteiger partial charge is 0.255 e. The molecule has 4 aromatic rings. The number of halogens is 1. The second kappa shape index (κ2) is 10.3. The molecule has 2 aliphatic heterocycles. The van der Waals surface area contributed by atoms with Gasteiger partial charge in [0.15, 0.2) is 5.13 Å². The van der Waals surface area contributed by atoms with Crippen molar-refractivity contribution in [2.24, 2.45) is 4.99 Å². The molecule has 10 heteroatoms. The van der Waals surface area contributed by atoms with Crippen LogP contribution in [0.25, 0.3) is 11.1 Å². The van der Waals surface area contributed by atoms with Gasteiger partial charge >= 0.3 is 0 Å². The van der Waals surface area contributed by atoms with Crippen LogP contribution in [0.1, 0.15) is 27.5 Å². The number of benzene rings is 3. The minimum atomic E-state index is -1.26. The third-order valence-corrected chi connectivity index (χ3v) is 7.63. The first-order chi connectivity index (χ1) is 19.0. The summed E-state index contributed by atoms with van der Waals surface area (Å²) in [6.07, 6.45) is 3.46. The van der Waals surface area contributed by atoms with E-state index in [0.29, 0.717) is 10.7 Å². The normalized spacial score (nSPS) is 15.4. The highest BCUT2D eigenvalue weighted by molar-refractivity contribution is 7.13. The fraction of sp³-hybridized carbons (Fsp3) is 0.172. The fourth-order valence-corrected chi connectivity index (χ4v) is 5.51. The van der Waals surface area contributed by atoms with Gasteiger partial charge in [-0.05, 0) is 53.1 Å². The lowest BCUT2D eigenvalue weighted by Gasteiger charge is -2.27. The van der Waals surface area contributed by atoms with Gasteiger partial charge in [-0.25, -0.2) is 9.37 Å². The van der Waals surface area contributed by atoms with Gasteiger partial charge < -0.3 is 14.9 Å². The molecular weight excluding hydrogens is 517 g/mol. The molecule has 3 aromatic carbocycles. The number of phenols is 1. The minimum Gasteiger partial charge on any atom is -0.508 e. The largest absolute Gasteiger partial charge is 0.508 e. The van der Waals surface area contributed by atoms with Crippen molar-refractivity contribution >= 4 is 40.2 Å². The molecule has 1 atom stereocenters. The molecule has 0 radical (unpaired) electrons. The molecule has 2 aliphatic rings. The molecule has 0 saturated heterocycles. The van der Waals surface area contributed by atoms with Crippen molar-refractivity contribution in [2.45, 2.75) is 12.6 Å². The Morgan fingerprint density at radius 1 is 1.08 bits per heavy atom. The van der Waals surface area contributed by atoms with Crippen LogP contribution in [-0.2, 0) is 11.3 Å². The number of hydrogen-bond acceptors (Lipinski definition) is 7. The Kier molecular flexibility index (Phi) is 6.54. The number of hydrogen-bond donors (Lipinski definition) is 2. The topological polar surface area (TPSA) is 98.1 Å². The summed E-state index contributed by atoms with van der Waals surface area (Å²) in [5.74, 6) is -1.87. The summed E-state index contributed by atoms with van der Waals surface area (Å²) in [4.78, 5) is 39.1. The van der Waals surface area contributed by atoms with E-state index in [1.54, 1.807) is 11.6 Å². The first kappa shape index (κ1) is 24.7. The molecule has 6 rings (SSSR count). The molecule has 8 nitrogen and oxygen atoms in total. The van der Waals surface area contributed by atoms with E-state index in [1.165, 1.54) is 22.3 Å². The van der Waals surface area contributed by atoms with Gasteiger partial charge in [-0.3, -0.25) is 19.9 Å². The number of aromatic nitrogens is 1. The third-order valence-electron chi connectivity index (χ3n) is 6.94. The van der Waals surface area contributed by atoms with E-state index in [4.69, 9.17) is 0 Å². The summed E-state index contributed by atoms with van der Waals surface area (Å²) >= 11 is 1.22. The molecule has 196 valence electrons. The highest BCUT2D eigenvalue weighted by Crippen LogP contribution is 2.38. The van der Waals surface area contributed by atoms with Crippen LogP contribution >= 0.6 is 11.3 Å². The molecule has 2 amide bonds. The molecule has 1 aromatic heterocycles. The zero-order valence-electron chi connectivity index (χ0n) is 20.8. The van der Waals surface area contributed by atoms with Crippen LogP contribution in [0.3, 0.4) is 0 Å². The number of thiazole rings is 1. The predicted octanol–water partition coefficient (Wildman–Crippen LogP) is 4.88. The summed E-state index contributed by atoms with van der Waals surface area (Å²) in [5.41, 5.74) is 4.15. The van der Waals surface area contributed by atoms with Crippen LogP contribution in [0.5, 0.6) is 5.75 Å². The minimum absolute atomic E-state index is 0.00350. The average molecular weight is 542 g/mol. The van der Waals surface area contributed by atoms with Crippen LogP contribution in [-0.4, -0.2) is 52.7 Å². The van der Waals surface area contributed by atoms with Crippen molar-refractivity contribution in [3.63, 3.8) is 0 Å².